The molecule has 1 saturated heterocycles. The van der Waals surface area contributed by atoms with Gasteiger partial charge in [0.1, 0.15) is 0 Å². The minimum absolute atomic E-state index is 0.602. The van der Waals surface area contributed by atoms with Gasteiger partial charge in [-0.05, 0) is 42.2 Å². The second-order valence-corrected chi connectivity index (χ2v) is 8.67. The zero-order valence-corrected chi connectivity index (χ0v) is 19.2. The first-order chi connectivity index (χ1) is 16.2. The first kappa shape index (κ1) is 21.8. The SMILES string of the molecule is Clc1ccc(CCc2cccc(-c3[nH]nc4nc(NCCN5CCOCC5)ncc34)c2)cc1. The lowest BCUT2D eigenvalue weighted by Gasteiger charge is -2.26. The molecule has 170 valence electrons. The molecule has 0 bridgehead atoms. The van der Waals surface area contributed by atoms with Crippen LogP contribution in [0.1, 0.15) is 11.1 Å². The van der Waals surface area contributed by atoms with Crippen LogP contribution in [0.15, 0.2) is 54.7 Å². The molecule has 1 aliphatic rings. The lowest BCUT2D eigenvalue weighted by molar-refractivity contribution is 0.0398. The van der Waals surface area contributed by atoms with Gasteiger partial charge in [0.25, 0.3) is 0 Å². The van der Waals surface area contributed by atoms with E-state index in [1.54, 1.807) is 0 Å². The lowest BCUT2D eigenvalue weighted by atomic mass is 10.0. The molecule has 4 aromatic rings. The maximum atomic E-state index is 5.99. The van der Waals surface area contributed by atoms with Crippen LogP contribution in [-0.2, 0) is 17.6 Å². The van der Waals surface area contributed by atoms with Crippen molar-refractivity contribution < 1.29 is 4.74 Å². The summed E-state index contributed by atoms with van der Waals surface area (Å²) in [6.07, 6.45) is 3.76. The Balaban J connectivity index is 1.24. The van der Waals surface area contributed by atoms with Crippen molar-refractivity contribution in [3.05, 3.63) is 70.9 Å². The minimum atomic E-state index is 0.602. The van der Waals surface area contributed by atoms with Gasteiger partial charge in [-0.2, -0.15) is 10.1 Å². The van der Waals surface area contributed by atoms with E-state index in [0.717, 1.165) is 73.9 Å². The van der Waals surface area contributed by atoms with Crippen molar-refractivity contribution in [2.75, 3.05) is 44.7 Å². The number of hydrogen-bond acceptors (Lipinski definition) is 6. The molecule has 0 atom stereocenters. The van der Waals surface area contributed by atoms with E-state index in [-0.39, 0.29) is 0 Å². The third-order valence-corrected chi connectivity index (χ3v) is 6.21. The number of nitrogens with one attached hydrogen (secondary N) is 2. The molecule has 0 spiro atoms. The van der Waals surface area contributed by atoms with Crippen LogP contribution >= 0.6 is 11.6 Å². The summed E-state index contributed by atoms with van der Waals surface area (Å²) in [4.78, 5) is 11.5. The Morgan fingerprint density at radius 1 is 1.03 bits per heavy atom. The Hall–Kier alpha value is -3.00. The number of aromatic amines is 1. The number of ether oxygens (including phenoxy) is 1. The Morgan fingerprint density at radius 3 is 2.70 bits per heavy atom. The fourth-order valence-corrected chi connectivity index (χ4v) is 4.21. The molecule has 0 aliphatic carbocycles. The predicted octanol–water partition coefficient (Wildman–Crippen LogP) is 4.20. The third kappa shape index (κ3) is 5.50. The molecule has 8 heteroatoms. The molecular weight excluding hydrogens is 436 g/mol. The average Bonchev–Trinajstić information content (AvgIpc) is 3.28. The largest absolute Gasteiger partial charge is 0.379 e. The first-order valence-electron chi connectivity index (χ1n) is 11.3. The second-order valence-electron chi connectivity index (χ2n) is 8.24. The van der Waals surface area contributed by atoms with Crippen molar-refractivity contribution in [3.8, 4) is 11.3 Å². The molecule has 2 N–H and O–H groups in total. The quantitative estimate of drug-likeness (QED) is 0.408. The van der Waals surface area contributed by atoms with Gasteiger partial charge < -0.3 is 10.1 Å². The summed E-state index contributed by atoms with van der Waals surface area (Å²) < 4.78 is 5.39. The molecule has 1 aliphatic heterocycles. The number of halogens is 1. The molecule has 7 nitrogen and oxygen atoms in total. The van der Waals surface area contributed by atoms with Gasteiger partial charge in [-0.1, -0.05) is 41.9 Å². The van der Waals surface area contributed by atoms with Crippen molar-refractivity contribution in [3.63, 3.8) is 0 Å². The third-order valence-electron chi connectivity index (χ3n) is 5.96. The van der Waals surface area contributed by atoms with Gasteiger partial charge in [-0.25, -0.2) is 4.98 Å². The van der Waals surface area contributed by atoms with Gasteiger partial charge in [-0.15, -0.1) is 0 Å². The van der Waals surface area contributed by atoms with Crippen LogP contribution in [0.25, 0.3) is 22.3 Å². The fourth-order valence-electron chi connectivity index (χ4n) is 4.08. The van der Waals surface area contributed by atoms with Crippen LogP contribution in [-0.4, -0.2) is 64.5 Å². The van der Waals surface area contributed by atoms with Crippen LogP contribution in [0.4, 0.5) is 5.95 Å². The highest BCUT2D eigenvalue weighted by Gasteiger charge is 2.12. The molecule has 2 aromatic heterocycles. The molecule has 0 unspecified atom stereocenters. The Morgan fingerprint density at radius 2 is 1.85 bits per heavy atom. The summed E-state index contributed by atoms with van der Waals surface area (Å²) in [5, 5.41) is 12.6. The van der Waals surface area contributed by atoms with Crippen molar-refractivity contribution >= 4 is 28.6 Å². The van der Waals surface area contributed by atoms with Gasteiger partial charge in [0, 0.05) is 43.0 Å². The average molecular weight is 463 g/mol. The molecule has 33 heavy (non-hydrogen) atoms. The Labute approximate surface area is 198 Å². The molecule has 1 fully saturated rings. The van der Waals surface area contributed by atoms with E-state index in [0.29, 0.717) is 11.6 Å². The molecular formula is C25H27ClN6O. The van der Waals surface area contributed by atoms with E-state index >= 15 is 0 Å². The number of nitrogens with zero attached hydrogens (tertiary/aromatic N) is 4. The Kier molecular flexibility index (Phi) is 6.81. The second kappa shape index (κ2) is 10.3. The van der Waals surface area contributed by atoms with Crippen LogP contribution in [0, 0.1) is 0 Å². The highest BCUT2D eigenvalue weighted by Crippen LogP contribution is 2.26. The van der Waals surface area contributed by atoms with Crippen molar-refractivity contribution in [2.24, 2.45) is 0 Å². The van der Waals surface area contributed by atoms with E-state index < -0.39 is 0 Å². The van der Waals surface area contributed by atoms with Gasteiger partial charge in [0.05, 0.1) is 24.3 Å². The highest BCUT2D eigenvalue weighted by molar-refractivity contribution is 6.30. The number of aryl methyl sites for hydroxylation is 2. The number of morpholine rings is 1. The van der Waals surface area contributed by atoms with E-state index in [4.69, 9.17) is 16.3 Å². The molecule has 5 rings (SSSR count). The summed E-state index contributed by atoms with van der Waals surface area (Å²) >= 11 is 5.99. The summed E-state index contributed by atoms with van der Waals surface area (Å²) in [6, 6.07) is 16.6. The topological polar surface area (TPSA) is 79.0 Å². The van der Waals surface area contributed by atoms with Crippen LogP contribution in [0.2, 0.25) is 5.02 Å². The highest BCUT2D eigenvalue weighted by atomic mass is 35.5. The molecule has 0 amide bonds. The standard InChI is InChI=1S/C25H27ClN6O/c26-21-8-6-18(7-9-21)4-5-19-2-1-3-20(16-19)23-22-17-28-25(29-24(22)31-30-23)27-10-11-32-12-14-33-15-13-32/h1-3,6-9,16-17H,4-5,10-15H2,(H2,27,28,29,30,31). The van der Waals surface area contributed by atoms with E-state index in [9.17, 15) is 0 Å². The normalized spacial score (nSPS) is 14.6. The zero-order valence-electron chi connectivity index (χ0n) is 18.4. The molecule has 2 aromatic carbocycles. The number of H-pyrrole nitrogens is 1. The number of aromatic nitrogens is 4. The monoisotopic (exact) mass is 462 g/mol. The van der Waals surface area contributed by atoms with Gasteiger partial charge in [0.15, 0.2) is 5.65 Å². The summed E-state index contributed by atoms with van der Waals surface area (Å²) in [5.74, 6) is 0.602. The number of fused-ring (bicyclic) bond motifs is 1. The van der Waals surface area contributed by atoms with Gasteiger partial charge in [0.2, 0.25) is 5.95 Å². The lowest BCUT2D eigenvalue weighted by Crippen LogP contribution is -2.39. The van der Waals surface area contributed by atoms with Crippen molar-refractivity contribution in [2.45, 2.75) is 12.8 Å². The van der Waals surface area contributed by atoms with E-state index in [2.05, 4.69) is 66.8 Å². The summed E-state index contributed by atoms with van der Waals surface area (Å²) in [5.41, 5.74) is 5.24. The number of anilines is 1. The smallest absolute Gasteiger partial charge is 0.224 e. The summed E-state index contributed by atoms with van der Waals surface area (Å²) in [6.45, 7) is 5.30. The van der Waals surface area contributed by atoms with Gasteiger partial charge in [-0.3, -0.25) is 10.00 Å². The van der Waals surface area contributed by atoms with Crippen LogP contribution in [0.5, 0.6) is 0 Å². The Bertz CT molecular complexity index is 1200. The maximum Gasteiger partial charge on any atom is 0.224 e. The predicted molar refractivity (Wildman–Crippen MR) is 132 cm³/mol. The first-order valence-corrected chi connectivity index (χ1v) is 11.7. The summed E-state index contributed by atoms with van der Waals surface area (Å²) in [7, 11) is 0. The number of hydrogen-bond donors (Lipinski definition) is 2. The van der Waals surface area contributed by atoms with E-state index in [1.165, 1.54) is 11.1 Å². The van der Waals surface area contributed by atoms with Crippen molar-refractivity contribution in [1.82, 2.24) is 25.1 Å². The number of rotatable bonds is 8. The van der Waals surface area contributed by atoms with Gasteiger partial charge >= 0.3 is 0 Å². The van der Waals surface area contributed by atoms with Crippen LogP contribution in [0.3, 0.4) is 0 Å². The minimum Gasteiger partial charge on any atom is -0.379 e. The van der Waals surface area contributed by atoms with E-state index in [1.807, 2.05) is 18.3 Å². The molecule has 0 saturated carbocycles. The zero-order chi connectivity index (χ0) is 22.5. The maximum absolute atomic E-state index is 5.99. The molecule has 3 heterocycles. The number of benzene rings is 2. The fraction of sp³-hybridized carbons (Fsp3) is 0.320. The van der Waals surface area contributed by atoms with Crippen LogP contribution < -0.4 is 5.32 Å². The molecule has 0 radical (unpaired) electrons. The van der Waals surface area contributed by atoms with Crippen molar-refractivity contribution in [1.29, 1.82) is 0 Å².